The molecule has 1 aromatic carbocycles. The van der Waals surface area contributed by atoms with E-state index < -0.39 is 17.4 Å². The van der Waals surface area contributed by atoms with Crippen molar-refractivity contribution in [1.29, 1.82) is 0 Å². The first-order valence-corrected chi connectivity index (χ1v) is 8.70. The number of fused-ring (bicyclic) bond motifs is 1. The summed E-state index contributed by atoms with van der Waals surface area (Å²) in [5.41, 5.74) is 4.90. The van der Waals surface area contributed by atoms with Crippen LogP contribution in [0.15, 0.2) is 23.0 Å². The minimum Gasteiger partial charge on any atom is -0.376 e. The van der Waals surface area contributed by atoms with Gasteiger partial charge in [-0.15, -0.1) is 0 Å². The van der Waals surface area contributed by atoms with E-state index in [1.165, 1.54) is 22.8 Å². The zero-order chi connectivity index (χ0) is 19.1. The van der Waals surface area contributed by atoms with Crippen molar-refractivity contribution in [3.05, 3.63) is 45.2 Å². The summed E-state index contributed by atoms with van der Waals surface area (Å²) in [6.07, 6.45) is 1.56. The molecule has 3 aromatic rings. The molecule has 8 nitrogen and oxygen atoms in total. The summed E-state index contributed by atoms with van der Waals surface area (Å²) in [6.45, 7) is 0.873. The van der Waals surface area contributed by atoms with Gasteiger partial charge in [-0.05, 0) is 25.0 Å². The Morgan fingerprint density at radius 1 is 1.44 bits per heavy atom. The number of amides is 1. The highest BCUT2D eigenvalue weighted by Crippen LogP contribution is 2.29. The molecule has 1 unspecified atom stereocenters. The van der Waals surface area contributed by atoms with Gasteiger partial charge < -0.3 is 15.5 Å². The third kappa shape index (κ3) is 3.08. The third-order valence-corrected chi connectivity index (χ3v) is 4.77. The number of carbonyl (C=O) groups is 1. The number of H-pyrrole nitrogens is 1. The molecule has 1 atom stereocenters. The van der Waals surface area contributed by atoms with Crippen molar-refractivity contribution in [3.8, 4) is 11.4 Å². The van der Waals surface area contributed by atoms with Crippen molar-refractivity contribution in [2.24, 2.45) is 5.73 Å². The lowest BCUT2D eigenvalue weighted by atomic mass is 10.2. The van der Waals surface area contributed by atoms with Crippen LogP contribution in [0.4, 0.5) is 4.39 Å². The van der Waals surface area contributed by atoms with Crippen LogP contribution in [0.3, 0.4) is 0 Å². The Balaban J connectivity index is 1.96. The normalized spacial score (nSPS) is 16.9. The van der Waals surface area contributed by atoms with Crippen molar-refractivity contribution in [2.45, 2.75) is 25.5 Å². The van der Waals surface area contributed by atoms with Gasteiger partial charge in [0.25, 0.3) is 5.91 Å². The lowest BCUT2D eigenvalue weighted by Crippen LogP contribution is -2.24. The smallest absolute Gasteiger partial charge is 0.327 e. The number of ether oxygens (including phenoxy) is 1. The molecule has 1 fully saturated rings. The van der Waals surface area contributed by atoms with Crippen LogP contribution >= 0.6 is 11.6 Å². The summed E-state index contributed by atoms with van der Waals surface area (Å²) in [6, 6.07) is 4.13. The zero-order valence-electron chi connectivity index (χ0n) is 14.0. The molecule has 1 aliphatic heterocycles. The molecule has 0 spiro atoms. The summed E-state index contributed by atoms with van der Waals surface area (Å²) in [5.74, 6) is -1.65. The number of carbonyl (C=O) groups excluding carboxylic acids is 1. The molecule has 0 bridgehead atoms. The number of primary amides is 1. The molecule has 0 aliphatic carbocycles. The Hall–Kier alpha value is -2.78. The highest BCUT2D eigenvalue weighted by molar-refractivity contribution is 6.33. The first-order chi connectivity index (χ1) is 13.0. The Morgan fingerprint density at radius 2 is 2.26 bits per heavy atom. The number of rotatable bonds is 4. The molecule has 27 heavy (non-hydrogen) atoms. The Morgan fingerprint density at radius 3 is 2.93 bits per heavy atom. The molecular weight excluding hydrogens is 377 g/mol. The highest BCUT2D eigenvalue weighted by atomic mass is 35.5. The SMILES string of the molecule is NC(=O)c1nc(-c2c(F)cccc2Cl)nc2c1[nH]c(=O)n2CC1CCCO1. The number of nitrogens with one attached hydrogen (secondary N) is 1. The monoisotopic (exact) mass is 391 g/mol. The fraction of sp³-hybridized carbons (Fsp3) is 0.294. The van der Waals surface area contributed by atoms with Crippen LogP contribution in [0, 0.1) is 5.82 Å². The Kier molecular flexibility index (Phi) is 4.40. The summed E-state index contributed by atoms with van der Waals surface area (Å²) in [4.78, 5) is 35.2. The summed E-state index contributed by atoms with van der Waals surface area (Å²) >= 11 is 6.10. The fourth-order valence-corrected chi connectivity index (χ4v) is 3.44. The largest absolute Gasteiger partial charge is 0.376 e. The van der Waals surface area contributed by atoms with Crippen LogP contribution in [-0.4, -0.2) is 38.1 Å². The Bertz CT molecular complexity index is 1080. The van der Waals surface area contributed by atoms with Crippen LogP contribution in [0.5, 0.6) is 0 Å². The number of nitrogens with zero attached hydrogens (tertiary/aromatic N) is 3. The number of halogens is 2. The molecule has 1 amide bonds. The van der Waals surface area contributed by atoms with Gasteiger partial charge in [0.1, 0.15) is 11.3 Å². The van der Waals surface area contributed by atoms with Crippen molar-refractivity contribution < 1.29 is 13.9 Å². The van der Waals surface area contributed by atoms with Gasteiger partial charge in [-0.25, -0.2) is 19.2 Å². The maximum atomic E-state index is 14.3. The summed E-state index contributed by atoms with van der Waals surface area (Å²) < 4.78 is 21.2. The molecule has 2 aromatic heterocycles. The molecule has 3 N–H and O–H groups in total. The van der Waals surface area contributed by atoms with Gasteiger partial charge in [0.15, 0.2) is 17.2 Å². The van der Waals surface area contributed by atoms with E-state index in [0.29, 0.717) is 6.61 Å². The van der Waals surface area contributed by atoms with E-state index in [4.69, 9.17) is 22.1 Å². The number of hydrogen-bond acceptors (Lipinski definition) is 5. The molecular formula is C17H15ClFN5O3. The topological polar surface area (TPSA) is 116 Å². The Labute approximate surface area is 157 Å². The number of nitrogens with two attached hydrogens (primary N) is 1. The summed E-state index contributed by atoms with van der Waals surface area (Å²) in [7, 11) is 0. The predicted molar refractivity (Wildman–Crippen MR) is 96.0 cm³/mol. The second-order valence-electron chi connectivity index (χ2n) is 6.23. The van der Waals surface area contributed by atoms with E-state index in [2.05, 4.69) is 15.0 Å². The lowest BCUT2D eigenvalue weighted by molar-refractivity contribution is 0.0970. The number of hydrogen-bond donors (Lipinski definition) is 2. The van der Waals surface area contributed by atoms with Gasteiger partial charge in [0, 0.05) is 6.61 Å². The van der Waals surface area contributed by atoms with Gasteiger partial charge >= 0.3 is 5.69 Å². The average Bonchev–Trinajstić information content (AvgIpc) is 3.23. The molecule has 4 rings (SSSR count). The standard InChI is InChI=1S/C17H15ClFN5O3/c18-9-4-1-5-10(19)11(9)15-21-12(14(20)25)13-16(23-15)24(17(26)22-13)7-8-3-2-6-27-8/h1,4-5,8H,2-3,6-7H2,(H2,20,25)(H,22,26). The van der Waals surface area contributed by atoms with Crippen molar-refractivity contribution >= 4 is 28.7 Å². The van der Waals surface area contributed by atoms with Crippen molar-refractivity contribution in [3.63, 3.8) is 0 Å². The predicted octanol–water partition coefficient (Wildman–Crippen LogP) is 1.86. The molecule has 10 heteroatoms. The van der Waals surface area contributed by atoms with Gasteiger partial charge in [-0.3, -0.25) is 9.36 Å². The van der Waals surface area contributed by atoms with Gasteiger partial charge in [0.2, 0.25) is 0 Å². The number of aromatic amines is 1. The second kappa shape index (κ2) is 6.75. The highest BCUT2D eigenvalue weighted by Gasteiger charge is 2.24. The van der Waals surface area contributed by atoms with E-state index in [1.807, 2.05) is 0 Å². The van der Waals surface area contributed by atoms with E-state index in [9.17, 15) is 14.0 Å². The molecule has 140 valence electrons. The van der Waals surface area contributed by atoms with Gasteiger partial charge in [-0.1, -0.05) is 17.7 Å². The molecule has 1 aliphatic rings. The van der Waals surface area contributed by atoms with E-state index in [-0.39, 0.29) is 45.9 Å². The lowest BCUT2D eigenvalue weighted by Gasteiger charge is -2.11. The molecule has 0 radical (unpaired) electrons. The fourth-order valence-electron chi connectivity index (χ4n) is 3.19. The van der Waals surface area contributed by atoms with Gasteiger partial charge in [0.05, 0.1) is 23.2 Å². The quantitative estimate of drug-likeness (QED) is 0.704. The minimum absolute atomic E-state index is 0.0686. The van der Waals surface area contributed by atoms with Crippen LogP contribution in [0.25, 0.3) is 22.6 Å². The molecule has 1 saturated heterocycles. The first-order valence-electron chi connectivity index (χ1n) is 8.32. The van der Waals surface area contributed by atoms with Gasteiger partial charge in [-0.2, -0.15) is 0 Å². The maximum absolute atomic E-state index is 14.3. The number of imidazole rings is 1. The van der Waals surface area contributed by atoms with Crippen LogP contribution in [0.1, 0.15) is 23.3 Å². The van der Waals surface area contributed by atoms with E-state index in [1.54, 1.807) is 0 Å². The van der Waals surface area contributed by atoms with Crippen molar-refractivity contribution in [2.75, 3.05) is 6.61 Å². The maximum Gasteiger partial charge on any atom is 0.327 e. The number of aromatic nitrogens is 4. The zero-order valence-corrected chi connectivity index (χ0v) is 14.8. The average molecular weight is 392 g/mol. The minimum atomic E-state index is -0.873. The van der Waals surface area contributed by atoms with Crippen LogP contribution < -0.4 is 11.4 Å². The molecule has 0 saturated carbocycles. The van der Waals surface area contributed by atoms with Crippen LogP contribution in [-0.2, 0) is 11.3 Å². The molecule has 3 heterocycles. The third-order valence-electron chi connectivity index (χ3n) is 4.45. The van der Waals surface area contributed by atoms with Crippen LogP contribution in [0.2, 0.25) is 5.02 Å². The first kappa shape index (κ1) is 17.6. The van der Waals surface area contributed by atoms with E-state index >= 15 is 0 Å². The second-order valence-corrected chi connectivity index (χ2v) is 6.64. The van der Waals surface area contributed by atoms with Crippen molar-refractivity contribution in [1.82, 2.24) is 19.5 Å². The summed E-state index contributed by atoms with van der Waals surface area (Å²) in [5, 5.41) is 0.0772. The van der Waals surface area contributed by atoms with E-state index in [0.717, 1.165) is 12.8 Å². The number of benzene rings is 1.